The summed E-state index contributed by atoms with van der Waals surface area (Å²) in [6, 6.07) is 0. The molecular formula is H4N2O7. The molecule has 0 saturated carbocycles. The van der Waals surface area contributed by atoms with E-state index in [1.807, 2.05) is 0 Å². The Morgan fingerprint density at radius 2 is 1.00 bits per heavy atom. The van der Waals surface area contributed by atoms with Crippen LogP contribution >= 0.6 is 0 Å². The zero-order chi connectivity index (χ0) is 7.15. The summed E-state index contributed by atoms with van der Waals surface area (Å²) in [5.74, 6) is 0. The van der Waals surface area contributed by atoms with E-state index in [2.05, 4.69) is 0 Å². The molecular weight excluding hydrogens is 140 g/mol. The van der Waals surface area contributed by atoms with Gasteiger partial charge in [-0.1, -0.05) is 0 Å². The second kappa shape index (κ2) is 9.61. The molecule has 0 aromatic rings. The van der Waals surface area contributed by atoms with Crippen molar-refractivity contribution in [3.8, 4) is 0 Å². The lowest BCUT2D eigenvalue weighted by atomic mass is 13.1. The molecule has 4 N–H and O–H groups in total. The minimum absolute atomic E-state index is 0. The Morgan fingerprint density at radius 1 is 1.00 bits per heavy atom. The van der Waals surface area contributed by atoms with Crippen LogP contribution in [0.15, 0.2) is 0 Å². The summed E-state index contributed by atoms with van der Waals surface area (Å²) in [6.45, 7) is 0. The summed E-state index contributed by atoms with van der Waals surface area (Å²) in [5.41, 5.74) is 0. The summed E-state index contributed by atoms with van der Waals surface area (Å²) >= 11 is 0. The molecule has 0 aliphatic rings. The van der Waals surface area contributed by atoms with E-state index in [0.717, 1.165) is 0 Å². The van der Waals surface area contributed by atoms with Crippen LogP contribution in [0.3, 0.4) is 0 Å². The zero-order valence-corrected chi connectivity index (χ0v) is 3.92. The Kier molecular flexibility index (Phi) is 16.7. The molecule has 0 radical (unpaired) electrons. The normalized spacial score (nSPS) is 5.33. The molecule has 9 heteroatoms. The van der Waals surface area contributed by atoms with Crippen molar-refractivity contribution >= 4 is 0 Å². The summed E-state index contributed by atoms with van der Waals surface area (Å²) in [7, 11) is 0. The first kappa shape index (κ1) is 15.7. The lowest BCUT2D eigenvalue weighted by Crippen LogP contribution is -1.81. The maximum atomic E-state index is 8.36. The number of nitrogens with zero attached hydrogens (tertiary/aromatic N) is 2. The molecule has 0 atom stereocenters. The van der Waals surface area contributed by atoms with Gasteiger partial charge in [-0.3, -0.25) is 0 Å². The van der Waals surface area contributed by atoms with Crippen LogP contribution < -0.4 is 0 Å². The van der Waals surface area contributed by atoms with Crippen LogP contribution in [0.2, 0.25) is 0 Å². The van der Waals surface area contributed by atoms with Crippen LogP contribution in [0.1, 0.15) is 0 Å². The number of hydrogen-bond donors (Lipinski definition) is 2. The Hall–Kier alpha value is -1.64. The molecule has 0 saturated heterocycles. The predicted molar refractivity (Wildman–Crippen MR) is 21.2 cm³/mol. The molecule has 9 heavy (non-hydrogen) atoms. The van der Waals surface area contributed by atoms with Gasteiger partial charge in [0.25, 0.3) is 10.2 Å². The summed E-state index contributed by atoms with van der Waals surface area (Å²) in [6.07, 6.45) is 0. The van der Waals surface area contributed by atoms with Gasteiger partial charge in [-0.2, -0.15) is 0 Å². The summed E-state index contributed by atoms with van der Waals surface area (Å²) in [5, 5.41) is 27.3. The van der Waals surface area contributed by atoms with E-state index < -0.39 is 10.2 Å². The van der Waals surface area contributed by atoms with Gasteiger partial charge in [0.05, 0.1) is 0 Å². The molecule has 0 heterocycles. The molecule has 0 fully saturated rings. The monoisotopic (exact) mass is 144 g/mol. The topological polar surface area (TPSA) is 158 Å². The summed E-state index contributed by atoms with van der Waals surface area (Å²) < 4.78 is 0. The van der Waals surface area contributed by atoms with Gasteiger partial charge in [0.15, 0.2) is 0 Å². The highest BCUT2D eigenvalue weighted by atomic mass is 16.9. The van der Waals surface area contributed by atoms with Crippen molar-refractivity contribution in [2.75, 3.05) is 0 Å². The van der Waals surface area contributed by atoms with Crippen LogP contribution in [0.5, 0.6) is 0 Å². The van der Waals surface area contributed by atoms with E-state index in [1.54, 1.807) is 0 Å². The molecule has 0 aromatic carbocycles. The van der Waals surface area contributed by atoms with Crippen molar-refractivity contribution in [2.24, 2.45) is 0 Å². The largest absolute Gasteiger partial charge is 0.412 e. The molecule has 0 spiro atoms. The SMILES string of the molecule is O.O=[N+]([O-])O.O=[N+]([O-])O. The fraction of sp³-hybridized carbons (Fsp3) is 0. The van der Waals surface area contributed by atoms with E-state index in [-0.39, 0.29) is 5.48 Å². The molecule has 9 nitrogen and oxygen atoms in total. The van der Waals surface area contributed by atoms with Crippen LogP contribution in [-0.4, -0.2) is 26.1 Å². The van der Waals surface area contributed by atoms with Gasteiger partial charge in [0.1, 0.15) is 0 Å². The molecule has 0 aliphatic carbocycles. The summed E-state index contributed by atoms with van der Waals surface area (Å²) in [4.78, 5) is 16.7. The second-order valence-corrected chi connectivity index (χ2v) is 0.476. The Labute approximate surface area is 47.7 Å². The maximum Gasteiger partial charge on any atom is 0.291 e. The quantitative estimate of drug-likeness (QED) is 0.310. The van der Waals surface area contributed by atoms with Crippen molar-refractivity contribution in [3.63, 3.8) is 0 Å². The van der Waals surface area contributed by atoms with Crippen molar-refractivity contribution in [1.29, 1.82) is 0 Å². The first-order valence-electron chi connectivity index (χ1n) is 1.13. The van der Waals surface area contributed by atoms with Gasteiger partial charge >= 0.3 is 0 Å². The Balaban J connectivity index is -0.0000000720. The Morgan fingerprint density at radius 3 is 1.00 bits per heavy atom. The van der Waals surface area contributed by atoms with Crippen LogP contribution in [0.25, 0.3) is 0 Å². The fourth-order valence-electron chi connectivity index (χ4n) is 0. The van der Waals surface area contributed by atoms with Gasteiger partial charge in [-0.25, -0.2) is 0 Å². The van der Waals surface area contributed by atoms with Gasteiger partial charge in [0.2, 0.25) is 0 Å². The highest BCUT2D eigenvalue weighted by Crippen LogP contribution is 1.38. The van der Waals surface area contributed by atoms with E-state index in [0.29, 0.717) is 0 Å². The van der Waals surface area contributed by atoms with E-state index in [1.165, 1.54) is 0 Å². The number of rotatable bonds is 0. The molecule has 0 bridgehead atoms. The third-order valence-corrected chi connectivity index (χ3v) is 0. The van der Waals surface area contributed by atoms with Gasteiger partial charge in [0, 0.05) is 0 Å². The molecule has 56 valence electrons. The molecule has 0 aromatic heterocycles. The molecule has 0 amide bonds. The molecule has 0 unspecified atom stereocenters. The fourth-order valence-corrected chi connectivity index (χ4v) is 0. The lowest BCUT2D eigenvalue weighted by molar-refractivity contribution is -0.742. The number of hydrogen-bond acceptors (Lipinski definition) is 4. The van der Waals surface area contributed by atoms with Crippen LogP contribution in [0.4, 0.5) is 0 Å². The third-order valence-electron chi connectivity index (χ3n) is 0. The highest BCUT2D eigenvalue weighted by Gasteiger charge is 1.65. The van der Waals surface area contributed by atoms with Crippen molar-refractivity contribution in [3.05, 3.63) is 20.2 Å². The average Bonchev–Trinajstić information content (AvgIpc) is 1.25. The molecule has 0 rings (SSSR count). The third kappa shape index (κ3) is 45.0. The van der Waals surface area contributed by atoms with Gasteiger partial charge in [-0.05, 0) is 0 Å². The Bertz CT molecular complexity index is 64.9. The van der Waals surface area contributed by atoms with E-state index >= 15 is 0 Å². The second-order valence-electron chi connectivity index (χ2n) is 0.476. The molecule has 0 aliphatic heterocycles. The van der Waals surface area contributed by atoms with Crippen molar-refractivity contribution in [1.82, 2.24) is 0 Å². The van der Waals surface area contributed by atoms with E-state index in [4.69, 9.17) is 30.6 Å². The smallest absolute Gasteiger partial charge is 0.291 e. The predicted octanol–water partition coefficient (Wildman–Crippen LogP) is -1.52. The van der Waals surface area contributed by atoms with Crippen LogP contribution in [-0.2, 0) is 0 Å². The van der Waals surface area contributed by atoms with Crippen LogP contribution in [0, 0.1) is 20.2 Å². The minimum atomic E-state index is -1.50. The maximum absolute atomic E-state index is 8.36. The first-order valence-corrected chi connectivity index (χ1v) is 1.13. The standard InChI is InChI=1S/2HNO3.H2O/c2*2-1(3)4;/h2*(H,2,3,4);1H2. The minimum Gasteiger partial charge on any atom is -0.412 e. The zero-order valence-electron chi connectivity index (χ0n) is 3.92. The highest BCUT2D eigenvalue weighted by molar-refractivity contribution is 3.83. The van der Waals surface area contributed by atoms with Crippen molar-refractivity contribution < 1.29 is 26.1 Å². The van der Waals surface area contributed by atoms with E-state index in [9.17, 15) is 0 Å². The van der Waals surface area contributed by atoms with Gasteiger partial charge < -0.3 is 15.9 Å². The van der Waals surface area contributed by atoms with Gasteiger partial charge in [-0.15, -0.1) is 20.2 Å². The lowest BCUT2D eigenvalue weighted by Gasteiger charge is -1.56. The van der Waals surface area contributed by atoms with Crippen molar-refractivity contribution in [2.45, 2.75) is 0 Å². The average molecular weight is 144 g/mol. The first-order chi connectivity index (χ1) is 3.46.